The Hall–Kier alpha value is -2.47. The van der Waals surface area contributed by atoms with Crippen LogP contribution in [0.2, 0.25) is 5.02 Å². The van der Waals surface area contributed by atoms with Gasteiger partial charge in [0.1, 0.15) is 11.8 Å². The molecule has 0 radical (unpaired) electrons. The van der Waals surface area contributed by atoms with Crippen LogP contribution in [0.3, 0.4) is 0 Å². The molecule has 2 heterocycles. The number of hydrogen-bond donors (Lipinski definition) is 1. The fraction of sp³-hybridized carbons (Fsp3) is 0.368. The molecule has 6 nitrogen and oxygen atoms in total. The number of ether oxygens (including phenoxy) is 1. The highest BCUT2D eigenvalue weighted by molar-refractivity contribution is 6.31. The van der Waals surface area contributed by atoms with Gasteiger partial charge in [-0.05, 0) is 43.5 Å². The minimum absolute atomic E-state index is 0.202. The molecule has 1 aromatic carbocycles. The molecule has 0 bridgehead atoms. The van der Waals surface area contributed by atoms with Crippen molar-refractivity contribution in [3.8, 4) is 5.75 Å². The van der Waals surface area contributed by atoms with Crippen molar-refractivity contribution in [3.05, 3.63) is 52.9 Å². The summed E-state index contributed by atoms with van der Waals surface area (Å²) in [5.41, 5.74) is 0.713. The van der Waals surface area contributed by atoms with Crippen molar-refractivity contribution >= 4 is 23.4 Å². The van der Waals surface area contributed by atoms with Crippen LogP contribution in [0.25, 0.3) is 0 Å². The molecule has 2 aromatic rings. The zero-order valence-electron chi connectivity index (χ0n) is 14.5. The lowest BCUT2D eigenvalue weighted by atomic mass is 10.0. The van der Waals surface area contributed by atoms with Gasteiger partial charge in [0.05, 0.1) is 13.4 Å². The van der Waals surface area contributed by atoms with Crippen molar-refractivity contribution in [1.29, 1.82) is 0 Å². The Labute approximate surface area is 157 Å². The molecule has 2 amide bonds. The van der Waals surface area contributed by atoms with Crippen LogP contribution in [0.4, 0.5) is 0 Å². The van der Waals surface area contributed by atoms with Crippen molar-refractivity contribution in [1.82, 2.24) is 10.2 Å². The van der Waals surface area contributed by atoms with E-state index in [1.807, 2.05) is 0 Å². The van der Waals surface area contributed by atoms with E-state index >= 15 is 0 Å². The van der Waals surface area contributed by atoms with Crippen LogP contribution in [-0.2, 0) is 11.3 Å². The summed E-state index contributed by atoms with van der Waals surface area (Å²) in [5.74, 6) is 0.402. The van der Waals surface area contributed by atoms with Gasteiger partial charge in [0.25, 0.3) is 5.91 Å². The van der Waals surface area contributed by atoms with Gasteiger partial charge in [0, 0.05) is 23.7 Å². The van der Waals surface area contributed by atoms with Crippen LogP contribution >= 0.6 is 11.6 Å². The first-order valence-corrected chi connectivity index (χ1v) is 8.93. The average Bonchev–Trinajstić information content (AvgIpc) is 3.20. The third-order valence-corrected chi connectivity index (χ3v) is 4.89. The fourth-order valence-electron chi connectivity index (χ4n) is 3.18. The largest absolute Gasteiger partial charge is 0.496 e. The number of furan rings is 1. The minimum atomic E-state index is -0.519. The molecule has 0 unspecified atom stereocenters. The van der Waals surface area contributed by atoms with Crippen molar-refractivity contribution in [2.24, 2.45) is 0 Å². The highest BCUT2D eigenvalue weighted by atomic mass is 35.5. The molecule has 1 aliphatic rings. The monoisotopic (exact) mass is 376 g/mol. The van der Waals surface area contributed by atoms with E-state index in [1.165, 1.54) is 6.26 Å². The average molecular weight is 377 g/mol. The van der Waals surface area contributed by atoms with Gasteiger partial charge in [-0.15, -0.1) is 0 Å². The van der Waals surface area contributed by atoms with Gasteiger partial charge in [0.15, 0.2) is 5.76 Å². The first kappa shape index (κ1) is 18.3. The van der Waals surface area contributed by atoms with E-state index in [4.69, 9.17) is 20.8 Å². The lowest BCUT2D eigenvalue weighted by Gasteiger charge is -2.34. The van der Waals surface area contributed by atoms with Gasteiger partial charge < -0.3 is 19.4 Å². The number of methoxy groups -OCH3 is 1. The van der Waals surface area contributed by atoms with E-state index in [0.717, 1.165) is 12.8 Å². The maximum absolute atomic E-state index is 12.7. The molecule has 138 valence electrons. The van der Waals surface area contributed by atoms with Gasteiger partial charge in [-0.1, -0.05) is 17.7 Å². The number of rotatable bonds is 5. The summed E-state index contributed by atoms with van der Waals surface area (Å²) in [6, 6.07) is 8.09. The van der Waals surface area contributed by atoms with Gasteiger partial charge in [-0.3, -0.25) is 9.59 Å². The van der Waals surface area contributed by atoms with Crippen LogP contribution in [-0.4, -0.2) is 36.4 Å². The number of hydrogen-bond acceptors (Lipinski definition) is 4. The predicted octanol–water partition coefficient (Wildman–Crippen LogP) is 3.25. The van der Waals surface area contributed by atoms with Crippen LogP contribution < -0.4 is 10.1 Å². The molecule has 26 heavy (non-hydrogen) atoms. The maximum Gasteiger partial charge on any atom is 0.290 e. The Balaban J connectivity index is 1.71. The van der Waals surface area contributed by atoms with Crippen LogP contribution in [0.1, 0.15) is 35.4 Å². The third kappa shape index (κ3) is 3.85. The Bertz CT molecular complexity index is 776. The van der Waals surface area contributed by atoms with Gasteiger partial charge in [0.2, 0.25) is 5.91 Å². The Morgan fingerprint density at radius 2 is 2.15 bits per heavy atom. The van der Waals surface area contributed by atoms with E-state index in [0.29, 0.717) is 29.3 Å². The molecule has 1 aromatic heterocycles. The molecule has 0 aliphatic carbocycles. The molecule has 1 saturated heterocycles. The molecule has 1 atom stereocenters. The minimum Gasteiger partial charge on any atom is -0.496 e. The number of amides is 2. The van der Waals surface area contributed by atoms with Gasteiger partial charge in [-0.2, -0.15) is 0 Å². The number of carbonyl (C=O) groups is 2. The van der Waals surface area contributed by atoms with Gasteiger partial charge >= 0.3 is 0 Å². The van der Waals surface area contributed by atoms with E-state index in [9.17, 15) is 9.59 Å². The molecule has 3 rings (SSSR count). The number of halogens is 1. The lowest BCUT2D eigenvalue weighted by molar-refractivity contribution is -0.126. The Kier molecular flexibility index (Phi) is 5.83. The second kappa shape index (κ2) is 8.27. The fourth-order valence-corrected chi connectivity index (χ4v) is 3.42. The number of carbonyl (C=O) groups excluding carboxylic acids is 2. The molecule has 0 spiro atoms. The molecular weight excluding hydrogens is 356 g/mol. The number of nitrogens with zero attached hydrogens (tertiary/aromatic N) is 1. The van der Waals surface area contributed by atoms with E-state index < -0.39 is 6.04 Å². The van der Waals surface area contributed by atoms with Crippen LogP contribution in [0.15, 0.2) is 41.0 Å². The van der Waals surface area contributed by atoms with Crippen molar-refractivity contribution < 1.29 is 18.7 Å². The standard InChI is InChI=1S/C19H21ClN2O4/c1-25-16-8-4-6-14(20)13(16)12-21-18(23)15-7-2-3-10-22(15)19(24)17-9-5-11-26-17/h4-6,8-9,11,15H,2-3,7,10,12H2,1H3,(H,21,23)/t15-/m0/s1. The van der Waals surface area contributed by atoms with Crippen molar-refractivity contribution in [3.63, 3.8) is 0 Å². The molecular formula is C19H21ClN2O4. The topological polar surface area (TPSA) is 71.8 Å². The number of benzene rings is 1. The smallest absolute Gasteiger partial charge is 0.290 e. The molecule has 1 N–H and O–H groups in total. The van der Waals surface area contributed by atoms with E-state index in [2.05, 4.69) is 5.32 Å². The number of likely N-dealkylation sites (tertiary alicyclic amines) is 1. The summed E-state index contributed by atoms with van der Waals surface area (Å²) < 4.78 is 10.5. The summed E-state index contributed by atoms with van der Waals surface area (Å²) in [6.07, 6.45) is 3.85. The molecule has 1 aliphatic heterocycles. The highest BCUT2D eigenvalue weighted by Crippen LogP contribution is 2.26. The Morgan fingerprint density at radius 3 is 2.88 bits per heavy atom. The first-order chi connectivity index (χ1) is 12.6. The van der Waals surface area contributed by atoms with Crippen LogP contribution in [0, 0.1) is 0 Å². The second-order valence-electron chi connectivity index (χ2n) is 6.13. The summed E-state index contributed by atoms with van der Waals surface area (Å²) in [7, 11) is 1.56. The lowest BCUT2D eigenvalue weighted by Crippen LogP contribution is -2.51. The first-order valence-electron chi connectivity index (χ1n) is 8.55. The Morgan fingerprint density at radius 1 is 1.31 bits per heavy atom. The molecule has 1 fully saturated rings. The summed E-state index contributed by atoms with van der Waals surface area (Å²) >= 11 is 6.22. The van der Waals surface area contributed by atoms with Crippen molar-refractivity contribution in [2.45, 2.75) is 31.8 Å². The zero-order chi connectivity index (χ0) is 18.5. The summed E-state index contributed by atoms with van der Waals surface area (Å²) in [5, 5.41) is 3.41. The SMILES string of the molecule is COc1cccc(Cl)c1CNC(=O)[C@@H]1CCCCN1C(=O)c1ccco1. The molecule has 7 heteroatoms. The second-order valence-corrected chi connectivity index (χ2v) is 6.53. The van der Waals surface area contributed by atoms with Gasteiger partial charge in [-0.25, -0.2) is 0 Å². The highest BCUT2D eigenvalue weighted by Gasteiger charge is 2.33. The van der Waals surface area contributed by atoms with E-state index in [1.54, 1.807) is 42.3 Å². The molecule has 0 saturated carbocycles. The predicted molar refractivity (Wildman–Crippen MR) is 97.2 cm³/mol. The third-order valence-electron chi connectivity index (χ3n) is 4.53. The number of piperidine rings is 1. The number of nitrogens with one attached hydrogen (secondary N) is 1. The quantitative estimate of drug-likeness (QED) is 0.869. The maximum atomic E-state index is 12.7. The van der Waals surface area contributed by atoms with Crippen LogP contribution in [0.5, 0.6) is 5.75 Å². The van der Waals surface area contributed by atoms with E-state index in [-0.39, 0.29) is 24.1 Å². The summed E-state index contributed by atoms with van der Waals surface area (Å²) in [4.78, 5) is 26.9. The van der Waals surface area contributed by atoms with Crippen molar-refractivity contribution in [2.75, 3.05) is 13.7 Å². The summed E-state index contributed by atoms with van der Waals surface area (Å²) in [6.45, 7) is 0.772. The normalized spacial score (nSPS) is 17.0. The zero-order valence-corrected chi connectivity index (χ0v) is 15.3.